The normalized spacial score (nSPS) is 13.4. The van der Waals surface area contributed by atoms with Crippen LogP contribution in [-0.4, -0.2) is 30.0 Å². The third-order valence-electron chi connectivity index (χ3n) is 4.88. The van der Waals surface area contributed by atoms with Crippen molar-refractivity contribution in [2.24, 2.45) is 0 Å². The molecule has 0 bridgehead atoms. The van der Waals surface area contributed by atoms with Crippen molar-refractivity contribution in [2.45, 2.75) is 12.0 Å². The smallest absolute Gasteiger partial charge is 0.329 e. The fourth-order valence-electron chi connectivity index (χ4n) is 3.68. The van der Waals surface area contributed by atoms with Crippen molar-refractivity contribution in [3.63, 3.8) is 0 Å². The summed E-state index contributed by atoms with van der Waals surface area (Å²) in [6.45, 7) is 0. The van der Waals surface area contributed by atoms with Crippen molar-refractivity contribution in [1.82, 2.24) is 10.3 Å². The molecule has 5 nitrogen and oxygen atoms in total. The van der Waals surface area contributed by atoms with Crippen LogP contribution in [0.15, 0.2) is 73.1 Å². The minimum atomic E-state index is -0.840. The van der Waals surface area contributed by atoms with E-state index in [2.05, 4.69) is 10.3 Å². The summed E-state index contributed by atoms with van der Waals surface area (Å²) < 4.78 is 5.02. The molecule has 0 spiro atoms. The molecule has 1 amide bonds. The van der Waals surface area contributed by atoms with Crippen LogP contribution < -0.4 is 5.32 Å². The molecule has 1 aliphatic rings. The third kappa shape index (κ3) is 2.97. The predicted octanol–water partition coefficient (Wildman–Crippen LogP) is 3.17. The molecule has 0 saturated heterocycles. The van der Waals surface area contributed by atoms with Gasteiger partial charge in [0.1, 0.15) is 6.04 Å². The molecule has 134 valence electrons. The van der Waals surface area contributed by atoms with Crippen LogP contribution in [0, 0.1) is 0 Å². The molecule has 1 aliphatic carbocycles. The second kappa shape index (κ2) is 7.03. The van der Waals surface area contributed by atoms with Gasteiger partial charge in [-0.15, -0.1) is 0 Å². The van der Waals surface area contributed by atoms with Gasteiger partial charge in [-0.2, -0.15) is 0 Å². The molecule has 1 heterocycles. The number of benzene rings is 2. The maximum Gasteiger partial charge on any atom is 0.329 e. The van der Waals surface area contributed by atoms with Gasteiger partial charge in [-0.05, 0) is 34.4 Å². The molecule has 0 saturated carbocycles. The summed E-state index contributed by atoms with van der Waals surface area (Å²) in [5, 5.41) is 2.85. The molecule has 0 unspecified atom stereocenters. The van der Waals surface area contributed by atoms with E-state index in [4.69, 9.17) is 4.74 Å². The molecule has 0 aliphatic heterocycles. The maximum atomic E-state index is 12.7. The number of aromatic nitrogens is 1. The van der Waals surface area contributed by atoms with Crippen molar-refractivity contribution >= 4 is 11.9 Å². The Morgan fingerprint density at radius 3 is 2.15 bits per heavy atom. The SMILES string of the molecule is COC(=O)[C@@H](NC(=O)c1cccnc1)C1c2ccccc2-c2ccccc21. The standard InChI is InChI=1S/C22H18N2O3/c1-27-22(26)20(24-21(25)14-7-6-12-23-13-14)19-17-10-4-2-8-15(17)16-9-3-5-11-18(16)19/h2-13,19-20H,1H3,(H,24,25)/t20-/m0/s1. The van der Waals surface area contributed by atoms with Crippen LogP contribution in [0.4, 0.5) is 0 Å². The number of carbonyl (C=O) groups excluding carboxylic acids is 2. The first-order valence-electron chi connectivity index (χ1n) is 8.67. The lowest BCUT2D eigenvalue weighted by Crippen LogP contribution is -2.45. The number of hydrogen-bond donors (Lipinski definition) is 1. The van der Waals surface area contributed by atoms with Gasteiger partial charge in [0.25, 0.3) is 5.91 Å². The summed E-state index contributed by atoms with van der Waals surface area (Å²) >= 11 is 0. The molecular formula is C22H18N2O3. The third-order valence-corrected chi connectivity index (χ3v) is 4.88. The number of pyridine rings is 1. The number of methoxy groups -OCH3 is 1. The Morgan fingerprint density at radius 2 is 1.59 bits per heavy atom. The van der Waals surface area contributed by atoms with E-state index in [1.807, 2.05) is 48.5 Å². The average Bonchev–Trinajstić information content (AvgIpc) is 3.06. The van der Waals surface area contributed by atoms with E-state index in [0.29, 0.717) is 5.56 Å². The van der Waals surface area contributed by atoms with Crippen molar-refractivity contribution in [3.05, 3.63) is 89.7 Å². The minimum absolute atomic E-state index is 0.314. The Balaban J connectivity index is 1.77. The molecule has 1 N–H and O–H groups in total. The Kier molecular flexibility index (Phi) is 4.42. The first kappa shape index (κ1) is 17.0. The van der Waals surface area contributed by atoms with Gasteiger partial charge in [-0.25, -0.2) is 4.79 Å². The van der Waals surface area contributed by atoms with Crippen LogP contribution in [0.25, 0.3) is 11.1 Å². The fraction of sp³-hybridized carbons (Fsp3) is 0.136. The summed E-state index contributed by atoms with van der Waals surface area (Å²) in [7, 11) is 1.33. The Labute approximate surface area is 157 Å². The second-order valence-corrected chi connectivity index (χ2v) is 6.37. The van der Waals surface area contributed by atoms with E-state index in [1.165, 1.54) is 13.3 Å². The number of amides is 1. The summed E-state index contributed by atoms with van der Waals surface area (Å²) in [5.41, 5.74) is 4.54. The first-order chi connectivity index (χ1) is 13.2. The van der Waals surface area contributed by atoms with Crippen LogP contribution in [0.2, 0.25) is 0 Å². The highest BCUT2D eigenvalue weighted by Crippen LogP contribution is 2.46. The molecule has 5 heteroatoms. The number of nitrogens with one attached hydrogen (secondary N) is 1. The summed E-state index contributed by atoms with van der Waals surface area (Å²) in [6.07, 6.45) is 3.07. The summed E-state index contributed by atoms with van der Waals surface area (Å²) in [6, 6.07) is 18.4. The maximum absolute atomic E-state index is 12.7. The van der Waals surface area contributed by atoms with Crippen LogP contribution in [0.1, 0.15) is 27.4 Å². The van der Waals surface area contributed by atoms with E-state index < -0.39 is 12.0 Å². The number of carbonyl (C=O) groups is 2. The molecule has 1 aromatic heterocycles. The number of fused-ring (bicyclic) bond motifs is 3. The van der Waals surface area contributed by atoms with Crippen molar-refractivity contribution in [1.29, 1.82) is 0 Å². The zero-order chi connectivity index (χ0) is 18.8. The molecule has 2 aromatic carbocycles. The monoisotopic (exact) mass is 358 g/mol. The zero-order valence-electron chi connectivity index (χ0n) is 14.8. The van der Waals surface area contributed by atoms with E-state index >= 15 is 0 Å². The van der Waals surface area contributed by atoms with E-state index in [9.17, 15) is 9.59 Å². The van der Waals surface area contributed by atoms with Gasteiger partial charge >= 0.3 is 5.97 Å². The number of rotatable bonds is 4. The van der Waals surface area contributed by atoms with Crippen LogP contribution >= 0.6 is 0 Å². The van der Waals surface area contributed by atoms with Crippen molar-refractivity contribution in [2.75, 3.05) is 7.11 Å². The van der Waals surface area contributed by atoms with Gasteiger partial charge in [-0.1, -0.05) is 48.5 Å². The Hall–Kier alpha value is -3.47. The highest BCUT2D eigenvalue weighted by molar-refractivity contribution is 5.97. The van der Waals surface area contributed by atoms with Gasteiger partial charge < -0.3 is 10.1 Å². The largest absolute Gasteiger partial charge is 0.467 e. The molecule has 4 rings (SSSR count). The molecule has 1 atom stereocenters. The Morgan fingerprint density at radius 1 is 0.963 bits per heavy atom. The van der Waals surface area contributed by atoms with Gasteiger partial charge in [0.05, 0.1) is 12.7 Å². The van der Waals surface area contributed by atoms with Gasteiger partial charge in [0, 0.05) is 18.3 Å². The number of ether oxygens (including phenoxy) is 1. The van der Waals surface area contributed by atoms with Gasteiger partial charge in [0.2, 0.25) is 0 Å². The van der Waals surface area contributed by atoms with Crippen LogP contribution in [-0.2, 0) is 9.53 Å². The molecule has 0 fully saturated rings. The molecule has 0 radical (unpaired) electrons. The number of nitrogens with zero attached hydrogens (tertiary/aromatic N) is 1. The average molecular weight is 358 g/mol. The quantitative estimate of drug-likeness (QED) is 0.728. The lowest BCUT2D eigenvalue weighted by molar-refractivity contribution is -0.143. The summed E-state index contributed by atoms with van der Waals surface area (Å²) in [4.78, 5) is 29.3. The highest BCUT2D eigenvalue weighted by atomic mass is 16.5. The van der Waals surface area contributed by atoms with Crippen LogP contribution in [0.3, 0.4) is 0 Å². The van der Waals surface area contributed by atoms with Gasteiger partial charge in [-0.3, -0.25) is 9.78 Å². The van der Waals surface area contributed by atoms with E-state index in [-0.39, 0.29) is 11.8 Å². The van der Waals surface area contributed by atoms with Crippen LogP contribution in [0.5, 0.6) is 0 Å². The predicted molar refractivity (Wildman–Crippen MR) is 101 cm³/mol. The van der Waals surface area contributed by atoms with Gasteiger partial charge in [0.15, 0.2) is 0 Å². The molecule has 3 aromatic rings. The molecular weight excluding hydrogens is 340 g/mol. The number of esters is 1. The van der Waals surface area contributed by atoms with E-state index in [1.54, 1.807) is 18.3 Å². The van der Waals surface area contributed by atoms with E-state index in [0.717, 1.165) is 22.3 Å². The van der Waals surface area contributed by atoms with Crippen molar-refractivity contribution < 1.29 is 14.3 Å². The topological polar surface area (TPSA) is 68.3 Å². The highest BCUT2D eigenvalue weighted by Gasteiger charge is 2.39. The molecule has 27 heavy (non-hydrogen) atoms. The summed E-state index contributed by atoms with van der Waals surface area (Å²) in [5.74, 6) is -1.16. The number of hydrogen-bond acceptors (Lipinski definition) is 4. The minimum Gasteiger partial charge on any atom is -0.467 e. The lowest BCUT2D eigenvalue weighted by Gasteiger charge is -2.24. The zero-order valence-corrected chi connectivity index (χ0v) is 14.8. The van der Waals surface area contributed by atoms with Crippen molar-refractivity contribution in [3.8, 4) is 11.1 Å². The fourth-order valence-corrected chi connectivity index (χ4v) is 3.68. The Bertz CT molecular complexity index is 956. The second-order valence-electron chi connectivity index (χ2n) is 6.37. The first-order valence-corrected chi connectivity index (χ1v) is 8.67. The lowest BCUT2D eigenvalue weighted by atomic mass is 9.89.